The molecule has 1 atom stereocenters. The summed E-state index contributed by atoms with van der Waals surface area (Å²) in [5, 5.41) is 5.52. The van der Waals surface area contributed by atoms with Gasteiger partial charge in [0.15, 0.2) is 6.61 Å². The largest absolute Gasteiger partial charge is 0.454 e. The van der Waals surface area contributed by atoms with Gasteiger partial charge in [0.05, 0.1) is 6.54 Å². The van der Waals surface area contributed by atoms with E-state index in [0.717, 1.165) is 0 Å². The molecule has 0 aromatic heterocycles. The Hall–Kier alpha value is -2.52. The summed E-state index contributed by atoms with van der Waals surface area (Å²) in [4.78, 5) is 35.9. The number of hydrogen-bond acceptors (Lipinski definition) is 4. The molecule has 1 aromatic carbocycles. The lowest BCUT2D eigenvalue weighted by Gasteiger charge is -2.19. The molecule has 7 heteroatoms. The molecular weight excluding hydrogens is 344 g/mol. The summed E-state index contributed by atoms with van der Waals surface area (Å²) in [6.07, 6.45) is 5.41. The summed E-state index contributed by atoms with van der Waals surface area (Å²) in [5.41, 5.74) is 0.373. The van der Waals surface area contributed by atoms with Crippen LogP contribution >= 0.6 is 11.6 Å². The second-order valence-electron chi connectivity index (χ2n) is 5.75. The molecule has 6 nitrogen and oxygen atoms in total. The van der Waals surface area contributed by atoms with Crippen molar-refractivity contribution in [2.24, 2.45) is 5.92 Å². The number of carbonyl (C=O) groups is 3. The Bertz CT molecular complexity index is 650. The highest BCUT2D eigenvalue weighted by Gasteiger charge is 2.24. The molecule has 0 aliphatic rings. The topological polar surface area (TPSA) is 84.5 Å². The number of hydrogen-bond donors (Lipinski definition) is 2. The van der Waals surface area contributed by atoms with Gasteiger partial charge in [-0.25, -0.2) is 4.79 Å². The van der Waals surface area contributed by atoms with Crippen molar-refractivity contribution < 1.29 is 19.1 Å². The van der Waals surface area contributed by atoms with Gasteiger partial charge in [-0.3, -0.25) is 9.59 Å². The maximum atomic E-state index is 12.3. The Morgan fingerprint density at radius 1 is 1.24 bits per heavy atom. The average molecular weight is 365 g/mol. The molecule has 2 N–H and O–H groups in total. The zero-order valence-electron chi connectivity index (χ0n) is 14.2. The summed E-state index contributed by atoms with van der Waals surface area (Å²) in [5.74, 6) is 0.786. The van der Waals surface area contributed by atoms with E-state index in [1.165, 1.54) is 0 Å². The van der Waals surface area contributed by atoms with Gasteiger partial charge < -0.3 is 15.4 Å². The lowest BCUT2D eigenvalue weighted by atomic mass is 10.0. The molecule has 25 heavy (non-hydrogen) atoms. The van der Waals surface area contributed by atoms with E-state index in [1.54, 1.807) is 24.3 Å². The number of terminal acetylenes is 1. The van der Waals surface area contributed by atoms with Crippen LogP contribution in [0.2, 0.25) is 5.02 Å². The predicted molar refractivity (Wildman–Crippen MR) is 95.0 cm³/mol. The van der Waals surface area contributed by atoms with Crippen LogP contribution in [0.4, 0.5) is 0 Å². The molecule has 0 saturated carbocycles. The first kappa shape index (κ1) is 20.5. The second kappa shape index (κ2) is 10.4. The molecule has 0 unspecified atom stereocenters. The Kier molecular flexibility index (Phi) is 8.51. The van der Waals surface area contributed by atoms with Gasteiger partial charge in [-0.15, -0.1) is 6.42 Å². The number of rotatable bonds is 8. The van der Waals surface area contributed by atoms with Gasteiger partial charge in [0.25, 0.3) is 11.8 Å². The van der Waals surface area contributed by atoms with Gasteiger partial charge in [-0.1, -0.05) is 31.4 Å². The maximum absolute atomic E-state index is 12.3. The van der Waals surface area contributed by atoms with Crippen molar-refractivity contribution in [3.8, 4) is 12.3 Å². The number of carbonyl (C=O) groups excluding carboxylic acids is 3. The maximum Gasteiger partial charge on any atom is 0.329 e. The van der Waals surface area contributed by atoms with E-state index in [9.17, 15) is 14.4 Å². The molecule has 134 valence electrons. The van der Waals surface area contributed by atoms with E-state index >= 15 is 0 Å². The van der Waals surface area contributed by atoms with Crippen LogP contribution in [0.3, 0.4) is 0 Å². The van der Waals surface area contributed by atoms with Gasteiger partial charge >= 0.3 is 5.97 Å². The zero-order valence-corrected chi connectivity index (χ0v) is 14.9. The number of benzene rings is 1. The summed E-state index contributed by atoms with van der Waals surface area (Å²) < 4.78 is 4.96. The first-order valence-electron chi connectivity index (χ1n) is 7.76. The van der Waals surface area contributed by atoms with Crippen LogP contribution in [0, 0.1) is 18.3 Å². The van der Waals surface area contributed by atoms with Crippen molar-refractivity contribution in [3.05, 3.63) is 34.9 Å². The Morgan fingerprint density at radius 3 is 2.44 bits per heavy atom. The first-order valence-corrected chi connectivity index (χ1v) is 8.14. The highest BCUT2D eigenvalue weighted by Crippen LogP contribution is 2.11. The van der Waals surface area contributed by atoms with Gasteiger partial charge in [0.1, 0.15) is 6.04 Å². The van der Waals surface area contributed by atoms with E-state index in [0.29, 0.717) is 17.0 Å². The summed E-state index contributed by atoms with van der Waals surface area (Å²) >= 11 is 5.79. The summed E-state index contributed by atoms with van der Waals surface area (Å²) in [7, 11) is 0. The SMILES string of the molecule is C#CCNC(=O)COC(=O)[C@@H](CC(C)C)NC(=O)c1ccc(Cl)cc1. The molecule has 0 aliphatic carbocycles. The quantitative estimate of drug-likeness (QED) is 0.544. The van der Waals surface area contributed by atoms with Gasteiger partial charge in [0.2, 0.25) is 0 Å². The standard InChI is InChI=1S/C18H21ClN2O4/c1-4-9-20-16(22)11-25-18(24)15(10-12(2)3)21-17(23)13-5-7-14(19)8-6-13/h1,5-8,12,15H,9-11H2,2-3H3,(H,20,22)(H,21,23)/t15-/m1/s1. The molecule has 0 bridgehead atoms. The fourth-order valence-electron chi connectivity index (χ4n) is 1.97. The lowest BCUT2D eigenvalue weighted by Crippen LogP contribution is -2.43. The number of halogens is 1. The molecule has 0 fully saturated rings. The van der Waals surface area contributed by atoms with Crippen LogP contribution in [-0.2, 0) is 14.3 Å². The number of nitrogens with one attached hydrogen (secondary N) is 2. The molecule has 0 aliphatic heterocycles. The highest BCUT2D eigenvalue weighted by atomic mass is 35.5. The van der Waals surface area contributed by atoms with E-state index in [1.807, 2.05) is 13.8 Å². The number of esters is 1. The van der Waals surface area contributed by atoms with E-state index in [2.05, 4.69) is 16.6 Å². The van der Waals surface area contributed by atoms with Crippen molar-refractivity contribution in [1.82, 2.24) is 10.6 Å². The monoisotopic (exact) mass is 364 g/mol. The van der Waals surface area contributed by atoms with Gasteiger partial charge in [0, 0.05) is 10.6 Å². The molecule has 0 saturated heterocycles. The van der Waals surface area contributed by atoms with Crippen LogP contribution in [0.1, 0.15) is 30.6 Å². The summed E-state index contributed by atoms with van der Waals surface area (Å²) in [6, 6.07) is 5.43. The highest BCUT2D eigenvalue weighted by molar-refractivity contribution is 6.30. The third kappa shape index (κ3) is 7.73. The van der Waals surface area contributed by atoms with Crippen molar-refractivity contribution in [1.29, 1.82) is 0 Å². The third-order valence-electron chi connectivity index (χ3n) is 3.14. The summed E-state index contributed by atoms with van der Waals surface area (Å²) in [6.45, 7) is 3.42. The van der Waals surface area contributed by atoms with Gasteiger partial charge in [-0.05, 0) is 36.6 Å². The molecule has 0 radical (unpaired) electrons. The van der Waals surface area contributed by atoms with Crippen molar-refractivity contribution in [3.63, 3.8) is 0 Å². The third-order valence-corrected chi connectivity index (χ3v) is 3.39. The Balaban J connectivity index is 2.67. The first-order chi connectivity index (χ1) is 11.8. The number of amides is 2. The molecule has 0 heterocycles. The van der Waals surface area contributed by atoms with Crippen LogP contribution in [0.25, 0.3) is 0 Å². The Morgan fingerprint density at radius 2 is 1.88 bits per heavy atom. The van der Waals surface area contributed by atoms with E-state index in [-0.39, 0.29) is 12.5 Å². The molecule has 1 rings (SSSR count). The zero-order chi connectivity index (χ0) is 18.8. The fraction of sp³-hybridized carbons (Fsp3) is 0.389. The molecule has 0 spiro atoms. The predicted octanol–water partition coefficient (Wildman–Crippen LogP) is 1.78. The fourth-order valence-corrected chi connectivity index (χ4v) is 2.09. The molecule has 1 aromatic rings. The van der Waals surface area contributed by atoms with E-state index in [4.69, 9.17) is 22.8 Å². The van der Waals surface area contributed by atoms with Crippen molar-refractivity contribution >= 4 is 29.4 Å². The number of ether oxygens (including phenoxy) is 1. The minimum atomic E-state index is -0.858. The lowest BCUT2D eigenvalue weighted by molar-refractivity contribution is -0.150. The van der Waals surface area contributed by atoms with Crippen LogP contribution < -0.4 is 10.6 Å². The second-order valence-corrected chi connectivity index (χ2v) is 6.19. The smallest absolute Gasteiger partial charge is 0.329 e. The minimum Gasteiger partial charge on any atom is -0.454 e. The van der Waals surface area contributed by atoms with Crippen molar-refractivity contribution in [2.75, 3.05) is 13.2 Å². The van der Waals surface area contributed by atoms with E-state index < -0.39 is 30.4 Å². The van der Waals surface area contributed by atoms with Crippen LogP contribution in [0.5, 0.6) is 0 Å². The van der Waals surface area contributed by atoms with Gasteiger partial charge in [-0.2, -0.15) is 0 Å². The molecular formula is C18H21ClN2O4. The average Bonchev–Trinajstić information content (AvgIpc) is 2.57. The normalized spacial score (nSPS) is 11.3. The van der Waals surface area contributed by atoms with Crippen LogP contribution in [0.15, 0.2) is 24.3 Å². The van der Waals surface area contributed by atoms with Crippen molar-refractivity contribution in [2.45, 2.75) is 26.3 Å². The van der Waals surface area contributed by atoms with Crippen LogP contribution in [-0.4, -0.2) is 37.0 Å². The minimum absolute atomic E-state index is 0.0547. The molecule has 2 amide bonds. The Labute approximate surface area is 152 Å².